The average Bonchev–Trinajstić information content (AvgIpc) is 2.55. The molecule has 0 aliphatic rings. The predicted octanol–water partition coefficient (Wildman–Crippen LogP) is 2.08. The first-order valence-electron chi connectivity index (χ1n) is 4.12. The molecule has 4 heteroatoms. The van der Waals surface area contributed by atoms with Crippen LogP contribution in [-0.2, 0) is 0 Å². The van der Waals surface area contributed by atoms with Crippen molar-refractivity contribution >= 4 is 17.4 Å². The molecular formula is C9H14N2OS. The molecule has 1 aromatic heterocycles. The van der Waals surface area contributed by atoms with Crippen LogP contribution in [-0.4, -0.2) is 25.0 Å². The second kappa shape index (κ2) is 4.28. The number of carbonyl (C=O) groups excluding carboxylic acids is 1. The Kier molecular flexibility index (Phi) is 3.31. The summed E-state index contributed by atoms with van der Waals surface area (Å²) in [6.07, 6.45) is 0. The maximum Gasteiger partial charge on any atom is 0.317 e. The zero-order valence-corrected chi connectivity index (χ0v) is 8.89. The van der Waals surface area contributed by atoms with Gasteiger partial charge >= 0.3 is 6.03 Å². The topological polar surface area (TPSA) is 32.3 Å². The largest absolute Gasteiger partial charge is 0.331 e. The smallest absolute Gasteiger partial charge is 0.317 e. The molecule has 3 nitrogen and oxygen atoms in total. The Bertz CT molecular complexity index is 269. The predicted molar refractivity (Wildman–Crippen MR) is 55.0 cm³/mol. The van der Waals surface area contributed by atoms with E-state index in [4.69, 9.17) is 0 Å². The van der Waals surface area contributed by atoms with E-state index in [0.717, 1.165) is 0 Å². The van der Waals surface area contributed by atoms with Crippen molar-refractivity contribution < 1.29 is 4.79 Å². The Morgan fingerprint density at radius 3 is 2.77 bits per heavy atom. The molecule has 0 bridgehead atoms. The van der Waals surface area contributed by atoms with Crippen molar-refractivity contribution in [2.45, 2.75) is 13.0 Å². The van der Waals surface area contributed by atoms with Gasteiger partial charge in [-0.25, -0.2) is 4.79 Å². The number of rotatable bonds is 2. The van der Waals surface area contributed by atoms with Gasteiger partial charge in [-0.15, -0.1) is 11.3 Å². The van der Waals surface area contributed by atoms with Crippen molar-refractivity contribution in [1.82, 2.24) is 10.2 Å². The molecule has 0 aliphatic carbocycles. The lowest BCUT2D eigenvalue weighted by atomic mass is 10.3. The average molecular weight is 198 g/mol. The Balaban J connectivity index is 2.51. The fraction of sp³-hybridized carbons (Fsp3) is 0.444. The number of amides is 2. The highest BCUT2D eigenvalue weighted by Crippen LogP contribution is 2.17. The van der Waals surface area contributed by atoms with Crippen molar-refractivity contribution in [2.75, 3.05) is 14.1 Å². The van der Waals surface area contributed by atoms with Crippen LogP contribution in [0.4, 0.5) is 4.79 Å². The van der Waals surface area contributed by atoms with Gasteiger partial charge in [0.1, 0.15) is 0 Å². The summed E-state index contributed by atoms with van der Waals surface area (Å²) in [6, 6.07) is 4.04. The molecule has 1 atom stereocenters. The van der Waals surface area contributed by atoms with Gasteiger partial charge < -0.3 is 10.2 Å². The van der Waals surface area contributed by atoms with Crippen molar-refractivity contribution in [1.29, 1.82) is 0 Å². The number of urea groups is 1. The number of nitrogens with zero attached hydrogens (tertiary/aromatic N) is 1. The first-order chi connectivity index (χ1) is 6.11. The fourth-order valence-electron chi connectivity index (χ4n) is 0.923. The van der Waals surface area contributed by atoms with Crippen LogP contribution >= 0.6 is 11.3 Å². The van der Waals surface area contributed by atoms with Gasteiger partial charge in [0, 0.05) is 19.0 Å². The molecule has 0 aliphatic heterocycles. The Labute approximate surface area is 82.4 Å². The number of nitrogens with one attached hydrogen (secondary N) is 1. The summed E-state index contributed by atoms with van der Waals surface area (Å²) in [6.45, 7) is 1.98. The molecule has 1 N–H and O–H groups in total. The van der Waals surface area contributed by atoms with E-state index >= 15 is 0 Å². The van der Waals surface area contributed by atoms with E-state index < -0.39 is 0 Å². The number of thiophene rings is 1. The molecular weight excluding hydrogens is 184 g/mol. The molecule has 13 heavy (non-hydrogen) atoms. The lowest BCUT2D eigenvalue weighted by Crippen LogP contribution is -2.35. The van der Waals surface area contributed by atoms with Crippen molar-refractivity contribution in [3.05, 3.63) is 22.4 Å². The van der Waals surface area contributed by atoms with Crippen LogP contribution in [0.2, 0.25) is 0 Å². The van der Waals surface area contributed by atoms with Gasteiger partial charge in [0.25, 0.3) is 0 Å². The third-order valence-corrected chi connectivity index (χ3v) is 2.77. The van der Waals surface area contributed by atoms with Crippen LogP contribution in [0.25, 0.3) is 0 Å². The van der Waals surface area contributed by atoms with E-state index in [9.17, 15) is 4.79 Å². The molecule has 1 heterocycles. The van der Waals surface area contributed by atoms with Gasteiger partial charge in [0.05, 0.1) is 6.04 Å². The lowest BCUT2D eigenvalue weighted by molar-refractivity contribution is 0.214. The standard InChI is InChI=1S/C9H14N2OS/c1-7(8-5-4-6-13-8)10-9(12)11(2)3/h4-7H,1-3H3,(H,10,12). The number of carbonyl (C=O) groups is 1. The highest BCUT2D eigenvalue weighted by atomic mass is 32.1. The molecule has 1 aromatic rings. The van der Waals surface area contributed by atoms with Gasteiger partial charge in [-0.1, -0.05) is 6.07 Å². The molecule has 0 fully saturated rings. The SMILES string of the molecule is CC(NC(=O)N(C)C)c1cccs1. The first kappa shape index (κ1) is 10.1. The van der Waals surface area contributed by atoms with Gasteiger partial charge in [0.2, 0.25) is 0 Å². The maximum absolute atomic E-state index is 11.3. The summed E-state index contributed by atoms with van der Waals surface area (Å²) in [4.78, 5) is 14.0. The molecule has 1 rings (SSSR count). The maximum atomic E-state index is 11.3. The molecule has 0 spiro atoms. The minimum absolute atomic E-state index is 0.0547. The molecule has 72 valence electrons. The van der Waals surface area contributed by atoms with Crippen LogP contribution < -0.4 is 5.32 Å². The highest BCUT2D eigenvalue weighted by Gasteiger charge is 2.10. The van der Waals surface area contributed by atoms with Gasteiger partial charge in [-0.05, 0) is 18.4 Å². The van der Waals surface area contributed by atoms with Gasteiger partial charge in [-0.2, -0.15) is 0 Å². The van der Waals surface area contributed by atoms with Crippen molar-refractivity contribution in [3.63, 3.8) is 0 Å². The van der Waals surface area contributed by atoms with Crippen LogP contribution in [0.15, 0.2) is 17.5 Å². The minimum Gasteiger partial charge on any atom is -0.331 e. The van der Waals surface area contributed by atoms with Crippen LogP contribution in [0.5, 0.6) is 0 Å². The zero-order valence-electron chi connectivity index (χ0n) is 8.07. The van der Waals surface area contributed by atoms with E-state index in [1.54, 1.807) is 25.4 Å². The van der Waals surface area contributed by atoms with E-state index in [2.05, 4.69) is 5.32 Å². The van der Waals surface area contributed by atoms with Crippen LogP contribution in [0, 0.1) is 0 Å². The minimum atomic E-state index is -0.0547. The molecule has 1 unspecified atom stereocenters. The lowest BCUT2D eigenvalue weighted by Gasteiger charge is -2.16. The summed E-state index contributed by atoms with van der Waals surface area (Å²) in [5.41, 5.74) is 0. The van der Waals surface area contributed by atoms with E-state index in [0.29, 0.717) is 0 Å². The summed E-state index contributed by atoms with van der Waals surface area (Å²) in [5.74, 6) is 0. The molecule has 0 radical (unpaired) electrons. The van der Waals surface area contributed by atoms with Crippen LogP contribution in [0.3, 0.4) is 0 Å². The summed E-state index contributed by atoms with van der Waals surface area (Å²) < 4.78 is 0. The number of hydrogen-bond donors (Lipinski definition) is 1. The van der Waals surface area contributed by atoms with E-state index in [-0.39, 0.29) is 12.1 Å². The second-order valence-corrected chi connectivity index (χ2v) is 4.06. The summed E-state index contributed by atoms with van der Waals surface area (Å²) in [7, 11) is 3.47. The second-order valence-electron chi connectivity index (χ2n) is 3.08. The van der Waals surface area contributed by atoms with Gasteiger partial charge in [-0.3, -0.25) is 0 Å². The highest BCUT2D eigenvalue weighted by molar-refractivity contribution is 7.10. The summed E-state index contributed by atoms with van der Waals surface area (Å²) in [5, 5.41) is 4.89. The third kappa shape index (κ3) is 2.73. The normalized spacial score (nSPS) is 12.2. The van der Waals surface area contributed by atoms with Crippen molar-refractivity contribution in [2.24, 2.45) is 0 Å². The van der Waals surface area contributed by atoms with E-state index in [1.165, 1.54) is 9.78 Å². The molecule has 2 amide bonds. The molecule has 0 saturated heterocycles. The van der Waals surface area contributed by atoms with Crippen LogP contribution in [0.1, 0.15) is 17.8 Å². The number of hydrogen-bond acceptors (Lipinski definition) is 2. The Hall–Kier alpha value is -1.03. The Morgan fingerprint density at radius 2 is 2.31 bits per heavy atom. The fourth-order valence-corrected chi connectivity index (χ4v) is 1.66. The quantitative estimate of drug-likeness (QED) is 0.775. The zero-order chi connectivity index (χ0) is 9.84. The van der Waals surface area contributed by atoms with E-state index in [1.807, 2.05) is 24.4 Å². The van der Waals surface area contributed by atoms with Gasteiger partial charge in [0.15, 0.2) is 0 Å². The molecule has 0 aromatic carbocycles. The Morgan fingerprint density at radius 1 is 1.62 bits per heavy atom. The monoisotopic (exact) mass is 198 g/mol. The molecule has 0 saturated carbocycles. The third-order valence-electron chi connectivity index (χ3n) is 1.72. The first-order valence-corrected chi connectivity index (χ1v) is 5.00. The van der Waals surface area contributed by atoms with Crippen molar-refractivity contribution in [3.8, 4) is 0 Å². The summed E-state index contributed by atoms with van der Waals surface area (Å²) >= 11 is 1.65.